The van der Waals surface area contributed by atoms with Crippen molar-refractivity contribution in [2.75, 3.05) is 0 Å². The van der Waals surface area contributed by atoms with Crippen molar-refractivity contribution in [2.45, 2.75) is 118 Å². The van der Waals surface area contributed by atoms with Gasteiger partial charge < -0.3 is 25.2 Å². The molecule has 10 nitrogen and oxygen atoms in total. The van der Waals surface area contributed by atoms with Crippen LogP contribution in [0.25, 0.3) is 0 Å². The Morgan fingerprint density at radius 1 is 1.02 bits per heavy atom. The highest BCUT2D eigenvalue weighted by Gasteiger charge is 2.74. The minimum atomic E-state index is -2.01. The second-order valence-electron chi connectivity index (χ2n) is 14.9. The summed E-state index contributed by atoms with van der Waals surface area (Å²) in [5.41, 5.74) is -7.00. The number of Topliss-reactive ketones (excluding diaryl/α,β-unsaturated/α-hetero) is 2. The largest absolute Gasteiger partial charge is 0.481 e. The van der Waals surface area contributed by atoms with E-state index >= 15 is 0 Å². The molecule has 2 fully saturated rings. The van der Waals surface area contributed by atoms with E-state index in [-0.39, 0.29) is 31.5 Å². The van der Waals surface area contributed by atoms with Crippen LogP contribution >= 0.6 is 0 Å². The molecule has 0 saturated heterocycles. The number of hydrogen-bond donors (Lipinski definition) is 4. The zero-order chi connectivity index (χ0) is 32.4. The lowest BCUT2D eigenvalue weighted by Gasteiger charge is -2.63. The first kappa shape index (κ1) is 33.9. The molecule has 0 spiro atoms. The van der Waals surface area contributed by atoms with Gasteiger partial charge >= 0.3 is 17.9 Å². The number of fused-ring (bicyclic) bond motifs is 3. The molecule has 2 saturated carbocycles. The van der Waals surface area contributed by atoms with E-state index < -0.39 is 86.8 Å². The number of rotatable bonds is 10. The highest BCUT2D eigenvalue weighted by molar-refractivity contribution is 5.91. The lowest BCUT2D eigenvalue weighted by molar-refractivity contribution is -0.183. The third-order valence-electron chi connectivity index (χ3n) is 11.5. The normalized spacial score (nSPS) is 36.3. The number of carbonyl (C=O) groups is 5. The van der Waals surface area contributed by atoms with Gasteiger partial charge in [0.2, 0.25) is 0 Å². The first-order valence-corrected chi connectivity index (χ1v) is 14.7. The first-order chi connectivity index (χ1) is 18.9. The lowest BCUT2D eigenvalue weighted by Crippen LogP contribution is -2.64. The van der Waals surface area contributed by atoms with Gasteiger partial charge in [0.15, 0.2) is 5.78 Å². The second-order valence-corrected chi connectivity index (χ2v) is 14.9. The molecule has 0 radical (unpaired) electrons. The molecule has 4 N–H and O–H groups in total. The van der Waals surface area contributed by atoms with Crippen LogP contribution in [0.4, 0.5) is 0 Å². The summed E-state index contributed by atoms with van der Waals surface area (Å²) >= 11 is 0. The van der Waals surface area contributed by atoms with E-state index in [4.69, 9.17) is 4.74 Å². The molecular formula is C32H48O10. The minimum absolute atomic E-state index is 0.114. The van der Waals surface area contributed by atoms with Crippen LogP contribution < -0.4 is 0 Å². The molecule has 0 heterocycles. The number of aliphatic carboxylic acids is 2. The van der Waals surface area contributed by atoms with Gasteiger partial charge in [-0.05, 0) is 70.6 Å². The number of carboxylic acids is 2. The fourth-order valence-corrected chi connectivity index (χ4v) is 9.04. The summed E-state index contributed by atoms with van der Waals surface area (Å²) in [6.45, 7) is 14.5. The molecule has 0 aromatic rings. The van der Waals surface area contributed by atoms with E-state index in [1.165, 1.54) is 27.7 Å². The van der Waals surface area contributed by atoms with Crippen LogP contribution in [-0.2, 0) is 28.7 Å². The summed E-state index contributed by atoms with van der Waals surface area (Å²) in [6, 6.07) is 0. The van der Waals surface area contributed by atoms with E-state index in [0.717, 1.165) is 0 Å². The number of ketones is 2. The number of aliphatic hydroxyl groups excluding tert-OH is 1. The standard InChI is InChI=1S/C32H48O10/c1-17(33)42-27(2,3)13-12-22(35)32(9,41)25-20(34)15-29(6)21-11-10-18(28(4,5)26(39)40)19(14-24(37)38)31(21,8)23(36)16-30(25,29)7/h10,19-21,25,34,41H,11-16H2,1-9H3,(H,37,38)(H,39,40)/t19-,20+,21+,25-,29-,30+,31-,32+/m0/s1. The van der Waals surface area contributed by atoms with Crippen LogP contribution in [-0.4, -0.2) is 67.2 Å². The van der Waals surface area contributed by atoms with Gasteiger partial charge in [-0.25, -0.2) is 0 Å². The fraction of sp³-hybridized carbons (Fsp3) is 0.781. The third kappa shape index (κ3) is 5.12. The zero-order valence-electron chi connectivity index (χ0n) is 26.4. The molecule has 0 unspecified atom stereocenters. The Morgan fingerprint density at radius 3 is 2.10 bits per heavy atom. The number of aliphatic hydroxyl groups is 2. The Morgan fingerprint density at radius 2 is 1.60 bits per heavy atom. The molecule has 0 bridgehead atoms. The van der Waals surface area contributed by atoms with Crippen molar-refractivity contribution in [3.05, 3.63) is 11.6 Å². The van der Waals surface area contributed by atoms with Crippen molar-refractivity contribution in [2.24, 2.45) is 39.4 Å². The summed E-state index contributed by atoms with van der Waals surface area (Å²) in [6.07, 6.45) is 0.605. The van der Waals surface area contributed by atoms with Gasteiger partial charge in [-0.15, -0.1) is 0 Å². The van der Waals surface area contributed by atoms with Crippen molar-refractivity contribution in [1.82, 2.24) is 0 Å². The van der Waals surface area contributed by atoms with Crippen LogP contribution in [0.5, 0.6) is 0 Å². The predicted octanol–water partition coefficient (Wildman–Crippen LogP) is 3.95. The molecule has 3 rings (SSSR count). The maximum absolute atomic E-state index is 14.3. The number of hydrogen-bond acceptors (Lipinski definition) is 8. The maximum Gasteiger partial charge on any atom is 0.313 e. The Bertz CT molecular complexity index is 1210. The maximum atomic E-state index is 14.3. The van der Waals surface area contributed by atoms with Gasteiger partial charge in [0, 0.05) is 37.0 Å². The summed E-state index contributed by atoms with van der Waals surface area (Å²) in [5.74, 6) is -5.89. The van der Waals surface area contributed by atoms with E-state index in [2.05, 4.69) is 0 Å². The van der Waals surface area contributed by atoms with Gasteiger partial charge in [0.05, 0.1) is 17.9 Å². The van der Waals surface area contributed by atoms with Gasteiger partial charge in [-0.3, -0.25) is 24.0 Å². The van der Waals surface area contributed by atoms with E-state index in [9.17, 15) is 44.4 Å². The van der Waals surface area contributed by atoms with E-state index in [0.29, 0.717) is 12.0 Å². The van der Waals surface area contributed by atoms with Crippen molar-refractivity contribution in [3.63, 3.8) is 0 Å². The average Bonchev–Trinajstić information content (AvgIpc) is 3.02. The SMILES string of the molecule is CC(=O)OC(C)(C)CCC(=O)[C@@](C)(O)[C@H]1[C@H](O)C[C@@]2(C)[C@H]3CC=C(C(C)(C)C(=O)O)[C@H](CC(=O)O)[C@]3(C)C(=O)C[C@]12C. The number of ether oxygens (including phenoxy) is 1. The van der Waals surface area contributed by atoms with Crippen molar-refractivity contribution < 1.29 is 49.1 Å². The average molecular weight is 593 g/mol. The molecular weight excluding hydrogens is 544 g/mol. The van der Waals surface area contributed by atoms with E-state index in [1.54, 1.807) is 26.8 Å². The highest BCUT2D eigenvalue weighted by Crippen LogP contribution is 2.73. The molecule has 0 aromatic carbocycles. The molecule has 0 aliphatic heterocycles. The molecule has 0 aromatic heterocycles. The Labute approximate surface area is 247 Å². The molecule has 10 heteroatoms. The van der Waals surface area contributed by atoms with Crippen LogP contribution in [0.15, 0.2) is 11.6 Å². The topological polar surface area (TPSA) is 176 Å². The molecule has 0 amide bonds. The van der Waals surface area contributed by atoms with Crippen LogP contribution in [0.1, 0.15) is 101 Å². The minimum Gasteiger partial charge on any atom is -0.481 e. The van der Waals surface area contributed by atoms with Gasteiger partial charge in [0.25, 0.3) is 0 Å². The summed E-state index contributed by atoms with van der Waals surface area (Å²) in [4.78, 5) is 63.6. The molecule has 3 aliphatic rings. The highest BCUT2D eigenvalue weighted by atomic mass is 16.6. The second kappa shape index (κ2) is 10.5. The molecule has 8 atom stereocenters. The van der Waals surface area contributed by atoms with Crippen LogP contribution in [0.2, 0.25) is 0 Å². The molecule has 3 aliphatic carbocycles. The third-order valence-corrected chi connectivity index (χ3v) is 11.5. The van der Waals surface area contributed by atoms with Gasteiger partial charge in [-0.1, -0.05) is 32.4 Å². The molecule has 236 valence electrons. The molecule has 42 heavy (non-hydrogen) atoms. The summed E-state index contributed by atoms with van der Waals surface area (Å²) in [5, 5.41) is 43.2. The monoisotopic (exact) mass is 592 g/mol. The summed E-state index contributed by atoms with van der Waals surface area (Å²) in [7, 11) is 0. The first-order valence-electron chi connectivity index (χ1n) is 14.7. The van der Waals surface area contributed by atoms with Crippen molar-refractivity contribution >= 4 is 29.5 Å². The lowest BCUT2D eigenvalue weighted by atomic mass is 9.39. The number of allylic oxidation sites excluding steroid dienone is 1. The van der Waals surface area contributed by atoms with E-state index in [1.807, 2.05) is 13.8 Å². The van der Waals surface area contributed by atoms with Crippen LogP contribution in [0, 0.1) is 39.4 Å². The van der Waals surface area contributed by atoms with Crippen molar-refractivity contribution in [3.8, 4) is 0 Å². The van der Waals surface area contributed by atoms with Crippen molar-refractivity contribution in [1.29, 1.82) is 0 Å². The number of carboxylic acid groups (broad SMARTS) is 2. The fourth-order valence-electron chi connectivity index (χ4n) is 9.04. The Hall–Kier alpha value is -2.59. The number of carbonyl (C=O) groups excluding carboxylic acids is 3. The number of esters is 1. The quantitative estimate of drug-likeness (QED) is 0.215. The predicted molar refractivity (Wildman–Crippen MR) is 152 cm³/mol. The van der Waals surface area contributed by atoms with Gasteiger partial charge in [-0.2, -0.15) is 0 Å². The van der Waals surface area contributed by atoms with Crippen LogP contribution in [0.3, 0.4) is 0 Å². The Balaban J connectivity index is 2.07. The Kier molecular flexibility index (Phi) is 8.51. The zero-order valence-corrected chi connectivity index (χ0v) is 26.4. The smallest absolute Gasteiger partial charge is 0.313 e. The summed E-state index contributed by atoms with van der Waals surface area (Å²) < 4.78 is 5.29. The van der Waals surface area contributed by atoms with Gasteiger partial charge in [0.1, 0.15) is 17.0 Å².